The fraction of sp³-hybridized carbons (Fsp3) is 0.750. The van der Waals surface area contributed by atoms with Crippen LogP contribution >= 0.6 is 0 Å². The van der Waals surface area contributed by atoms with Gasteiger partial charge in [-0.25, -0.2) is 0 Å². The van der Waals surface area contributed by atoms with Gasteiger partial charge in [0.15, 0.2) is 0 Å². The van der Waals surface area contributed by atoms with E-state index in [4.69, 9.17) is 0 Å². The molecule has 1 heterocycles. The largest absolute Gasteiger partial charge is 0.351 e. The first kappa shape index (κ1) is 13.7. The summed E-state index contributed by atoms with van der Waals surface area (Å²) in [6, 6.07) is 0.0726. The van der Waals surface area contributed by atoms with Crippen LogP contribution in [0.4, 0.5) is 0 Å². The lowest BCUT2D eigenvalue weighted by Gasteiger charge is -2.26. The minimum Gasteiger partial charge on any atom is -0.351 e. The molecule has 5 nitrogen and oxygen atoms in total. The Balaban J connectivity index is 2.64. The number of nitrogens with one attached hydrogen (secondary N) is 1. The van der Waals surface area contributed by atoms with Gasteiger partial charge in [-0.05, 0) is 5.92 Å². The molecule has 1 rings (SSSR count). The standard InChI is InChI=1S/C12H22N4O/c1-9(2)10(8-16-7-6-13-15-16)14-11(17)12(3,4)5/h6-7,9-10H,8H2,1-5H3,(H,14,17)/t10-/m0/s1. The third-order valence-corrected chi connectivity index (χ3v) is 2.66. The van der Waals surface area contributed by atoms with Crippen LogP contribution in [-0.4, -0.2) is 26.9 Å². The highest BCUT2D eigenvalue weighted by molar-refractivity contribution is 5.81. The molecule has 0 radical (unpaired) electrons. The Hall–Kier alpha value is -1.39. The fourth-order valence-electron chi connectivity index (χ4n) is 1.34. The third kappa shape index (κ3) is 4.17. The molecule has 0 unspecified atom stereocenters. The number of carbonyl (C=O) groups excluding carboxylic acids is 1. The normalized spacial score (nSPS) is 13.8. The molecule has 96 valence electrons. The van der Waals surface area contributed by atoms with Crippen LogP contribution in [-0.2, 0) is 11.3 Å². The van der Waals surface area contributed by atoms with Gasteiger partial charge in [-0.15, -0.1) is 5.10 Å². The quantitative estimate of drug-likeness (QED) is 0.864. The molecule has 0 aliphatic carbocycles. The van der Waals surface area contributed by atoms with Gasteiger partial charge in [0.2, 0.25) is 5.91 Å². The molecule has 0 saturated heterocycles. The lowest BCUT2D eigenvalue weighted by molar-refractivity contribution is -0.129. The van der Waals surface area contributed by atoms with Crippen LogP contribution in [0.15, 0.2) is 12.4 Å². The molecule has 1 atom stereocenters. The molecular weight excluding hydrogens is 216 g/mol. The monoisotopic (exact) mass is 238 g/mol. The number of amides is 1. The molecule has 17 heavy (non-hydrogen) atoms. The van der Waals surface area contributed by atoms with Crippen LogP contribution in [0, 0.1) is 11.3 Å². The van der Waals surface area contributed by atoms with Crippen molar-refractivity contribution in [2.45, 2.75) is 47.2 Å². The minimum atomic E-state index is -0.366. The molecule has 1 aromatic rings. The van der Waals surface area contributed by atoms with Crippen LogP contribution < -0.4 is 5.32 Å². The topological polar surface area (TPSA) is 59.8 Å². The summed E-state index contributed by atoms with van der Waals surface area (Å²) in [6.07, 6.45) is 3.45. The zero-order valence-corrected chi connectivity index (χ0v) is 11.3. The van der Waals surface area contributed by atoms with E-state index < -0.39 is 0 Å². The molecule has 5 heteroatoms. The van der Waals surface area contributed by atoms with Crippen molar-refractivity contribution in [3.05, 3.63) is 12.4 Å². The van der Waals surface area contributed by atoms with Crippen molar-refractivity contribution < 1.29 is 4.79 Å². The van der Waals surface area contributed by atoms with Crippen LogP contribution in [0.1, 0.15) is 34.6 Å². The Labute approximate surface area is 103 Å². The Morgan fingerprint density at radius 2 is 2.06 bits per heavy atom. The smallest absolute Gasteiger partial charge is 0.225 e. The summed E-state index contributed by atoms with van der Waals surface area (Å²) in [4.78, 5) is 12.0. The van der Waals surface area contributed by atoms with Crippen molar-refractivity contribution in [3.8, 4) is 0 Å². The maximum atomic E-state index is 12.0. The number of hydrogen-bond acceptors (Lipinski definition) is 3. The van der Waals surface area contributed by atoms with Gasteiger partial charge in [-0.2, -0.15) is 0 Å². The number of aromatic nitrogens is 3. The highest BCUT2D eigenvalue weighted by atomic mass is 16.2. The van der Waals surface area contributed by atoms with Gasteiger partial charge in [-0.1, -0.05) is 39.8 Å². The van der Waals surface area contributed by atoms with Crippen molar-refractivity contribution >= 4 is 5.91 Å². The molecule has 0 aliphatic heterocycles. The van der Waals surface area contributed by atoms with E-state index in [2.05, 4.69) is 29.5 Å². The summed E-state index contributed by atoms with van der Waals surface area (Å²) in [5.74, 6) is 0.418. The number of nitrogens with zero attached hydrogens (tertiary/aromatic N) is 3. The van der Waals surface area contributed by atoms with Gasteiger partial charge < -0.3 is 5.32 Å². The molecule has 1 N–H and O–H groups in total. The predicted molar refractivity (Wildman–Crippen MR) is 66.2 cm³/mol. The first-order valence-corrected chi connectivity index (χ1v) is 5.96. The Bertz CT molecular complexity index is 351. The molecule has 0 saturated carbocycles. The fourth-order valence-corrected chi connectivity index (χ4v) is 1.34. The SMILES string of the molecule is CC(C)[C@H](Cn1ccnn1)NC(=O)C(C)(C)C. The Morgan fingerprint density at radius 1 is 1.41 bits per heavy atom. The highest BCUT2D eigenvalue weighted by Crippen LogP contribution is 2.14. The zero-order chi connectivity index (χ0) is 13.1. The van der Waals surface area contributed by atoms with E-state index in [0.29, 0.717) is 12.5 Å². The first-order chi connectivity index (χ1) is 7.80. The average Bonchev–Trinajstić information content (AvgIpc) is 2.67. The summed E-state index contributed by atoms with van der Waals surface area (Å²) < 4.78 is 1.74. The summed E-state index contributed by atoms with van der Waals surface area (Å²) >= 11 is 0. The van der Waals surface area contributed by atoms with Gasteiger partial charge in [-0.3, -0.25) is 9.48 Å². The van der Waals surface area contributed by atoms with E-state index in [1.54, 1.807) is 17.1 Å². The second-order valence-corrected chi connectivity index (χ2v) is 5.70. The van der Waals surface area contributed by atoms with E-state index in [9.17, 15) is 4.79 Å². The summed E-state index contributed by atoms with van der Waals surface area (Å²) in [7, 11) is 0. The van der Waals surface area contributed by atoms with E-state index >= 15 is 0 Å². The summed E-state index contributed by atoms with van der Waals surface area (Å²) in [6.45, 7) is 10.6. The molecule has 0 aliphatic rings. The summed E-state index contributed by atoms with van der Waals surface area (Å²) in [5, 5.41) is 10.8. The van der Waals surface area contributed by atoms with Crippen LogP contribution in [0.25, 0.3) is 0 Å². The van der Waals surface area contributed by atoms with Gasteiger partial charge >= 0.3 is 0 Å². The van der Waals surface area contributed by atoms with Crippen molar-refractivity contribution in [3.63, 3.8) is 0 Å². The lowest BCUT2D eigenvalue weighted by atomic mass is 9.94. The average molecular weight is 238 g/mol. The van der Waals surface area contributed by atoms with E-state index in [1.165, 1.54) is 0 Å². The molecular formula is C12H22N4O. The van der Waals surface area contributed by atoms with E-state index in [1.807, 2.05) is 20.8 Å². The van der Waals surface area contributed by atoms with Crippen molar-refractivity contribution in [1.82, 2.24) is 20.3 Å². The van der Waals surface area contributed by atoms with Gasteiger partial charge in [0.25, 0.3) is 0 Å². The molecule has 0 spiro atoms. The second kappa shape index (κ2) is 5.29. The van der Waals surface area contributed by atoms with Gasteiger partial charge in [0.05, 0.1) is 18.8 Å². The van der Waals surface area contributed by atoms with Crippen LogP contribution in [0.5, 0.6) is 0 Å². The number of rotatable bonds is 4. The first-order valence-electron chi connectivity index (χ1n) is 5.96. The van der Waals surface area contributed by atoms with Crippen LogP contribution in [0.2, 0.25) is 0 Å². The zero-order valence-electron chi connectivity index (χ0n) is 11.3. The maximum absolute atomic E-state index is 12.0. The Kier molecular flexibility index (Phi) is 4.26. The number of hydrogen-bond donors (Lipinski definition) is 1. The van der Waals surface area contributed by atoms with E-state index in [-0.39, 0.29) is 17.4 Å². The summed E-state index contributed by atoms with van der Waals surface area (Å²) in [5.41, 5.74) is -0.366. The van der Waals surface area contributed by atoms with Crippen molar-refractivity contribution in [1.29, 1.82) is 0 Å². The van der Waals surface area contributed by atoms with Crippen LogP contribution in [0.3, 0.4) is 0 Å². The molecule has 0 bridgehead atoms. The minimum absolute atomic E-state index is 0.0660. The maximum Gasteiger partial charge on any atom is 0.225 e. The molecule has 0 fully saturated rings. The van der Waals surface area contributed by atoms with Crippen molar-refractivity contribution in [2.75, 3.05) is 0 Å². The van der Waals surface area contributed by atoms with Gasteiger partial charge in [0, 0.05) is 11.6 Å². The Morgan fingerprint density at radius 3 is 2.47 bits per heavy atom. The third-order valence-electron chi connectivity index (χ3n) is 2.66. The number of carbonyl (C=O) groups is 1. The predicted octanol–water partition coefficient (Wildman–Crippen LogP) is 1.46. The van der Waals surface area contributed by atoms with Crippen molar-refractivity contribution in [2.24, 2.45) is 11.3 Å². The molecule has 0 aromatic carbocycles. The van der Waals surface area contributed by atoms with Gasteiger partial charge in [0.1, 0.15) is 0 Å². The lowest BCUT2D eigenvalue weighted by Crippen LogP contribution is -2.46. The second-order valence-electron chi connectivity index (χ2n) is 5.70. The molecule has 1 aromatic heterocycles. The highest BCUT2D eigenvalue weighted by Gasteiger charge is 2.25. The van der Waals surface area contributed by atoms with E-state index in [0.717, 1.165) is 0 Å². The molecule has 1 amide bonds.